The fourth-order valence-electron chi connectivity index (χ4n) is 1.78. The minimum atomic E-state index is -0.652. The molecule has 0 radical (unpaired) electrons. The minimum Gasteiger partial charge on any atom is -0.481 e. The molecule has 0 atom stereocenters. The highest BCUT2D eigenvalue weighted by Gasteiger charge is 2.46. The van der Waals surface area contributed by atoms with Crippen LogP contribution in [0.3, 0.4) is 0 Å². The van der Waals surface area contributed by atoms with Crippen LogP contribution in [0, 0.1) is 6.92 Å². The van der Waals surface area contributed by atoms with E-state index in [1.54, 1.807) is 11.3 Å². The molecule has 1 aliphatic carbocycles. The molecule has 70 valence electrons. The Bertz CT molecular complexity index is 336. The van der Waals surface area contributed by atoms with Crippen LogP contribution in [0.4, 0.5) is 0 Å². The van der Waals surface area contributed by atoms with Crippen LogP contribution in [0.5, 0.6) is 0 Å². The van der Waals surface area contributed by atoms with Crippen molar-refractivity contribution >= 4 is 17.3 Å². The zero-order chi connectivity index (χ0) is 9.47. The monoisotopic (exact) mass is 196 g/mol. The molecule has 0 saturated heterocycles. The van der Waals surface area contributed by atoms with Gasteiger partial charge in [-0.2, -0.15) is 0 Å². The topological polar surface area (TPSA) is 37.3 Å². The van der Waals surface area contributed by atoms with E-state index < -0.39 is 11.4 Å². The van der Waals surface area contributed by atoms with Crippen molar-refractivity contribution in [2.24, 2.45) is 0 Å². The van der Waals surface area contributed by atoms with Crippen LogP contribution in [0.15, 0.2) is 11.4 Å². The Kier molecular flexibility index (Phi) is 1.91. The van der Waals surface area contributed by atoms with Gasteiger partial charge in [-0.3, -0.25) is 4.79 Å². The second-order valence-corrected chi connectivity index (χ2v) is 4.64. The number of carbonyl (C=O) groups is 1. The van der Waals surface area contributed by atoms with Gasteiger partial charge < -0.3 is 5.11 Å². The summed E-state index contributed by atoms with van der Waals surface area (Å²) in [6, 6.07) is 2.01. The maximum absolute atomic E-state index is 11.1. The van der Waals surface area contributed by atoms with Crippen molar-refractivity contribution in [3.63, 3.8) is 0 Å². The number of aryl methyl sites for hydroxylation is 1. The van der Waals surface area contributed by atoms with Gasteiger partial charge in [0.25, 0.3) is 0 Å². The largest absolute Gasteiger partial charge is 0.481 e. The highest BCUT2D eigenvalue weighted by Crippen LogP contribution is 2.46. The third kappa shape index (κ3) is 1.18. The first-order chi connectivity index (χ1) is 6.15. The molecular weight excluding hydrogens is 184 g/mol. The Hall–Kier alpha value is -0.830. The Labute approximate surface area is 81.2 Å². The molecular formula is C10H12O2S. The summed E-state index contributed by atoms with van der Waals surface area (Å²) in [5.41, 5.74) is 0.645. The summed E-state index contributed by atoms with van der Waals surface area (Å²) in [6.45, 7) is 2.01. The number of rotatable bonds is 2. The number of hydrogen-bond acceptors (Lipinski definition) is 2. The fourth-order valence-corrected chi connectivity index (χ4v) is 2.93. The van der Waals surface area contributed by atoms with Crippen molar-refractivity contribution in [1.82, 2.24) is 0 Å². The molecule has 0 aliphatic heterocycles. The minimum absolute atomic E-state index is 0.529. The molecule has 13 heavy (non-hydrogen) atoms. The average Bonchev–Trinajstić information content (AvgIpc) is 2.32. The lowest BCUT2D eigenvalue weighted by Crippen LogP contribution is -2.41. The summed E-state index contributed by atoms with van der Waals surface area (Å²) in [6.07, 6.45) is 2.66. The van der Waals surface area contributed by atoms with Crippen molar-refractivity contribution in [2.75, 3.05) is 0 Å². The molecule has 1 N–H and O–H groups in total. The SMILES string of the molecule is Cc1csc(C2(C(=O)O)CCC2)c1. The second kappa shape index (κ2) is 2.84. The molecule has 1 aliphatic rings. The zero-order valence-electron chi connectivity index (χ0n) is 7.54. The molecule has 1 saturated carbocycles. The molecule has 0 unspecified atom stereocenters. The fraction of sp³-hybridized carbons (Fsp3) is 0.500. The van der Waals surface area contributed by atoms with E-state index in [-0.39, 0.29) is 0 Å². The molecule has 0 spiro atoms. The summed E-state index contributed by atoms with van der Waals surface area (Å²) in [4.78, 5) is 12.2. The lowest BCUT2D eigenvalue weighted by molar-refractivity contribution is -0.147. The van der Waals surface area contributed by atoms with Crippen LogP contribution in [0.25, 0.3) is 0 Å². The van der Waals surface area contributed by atoms with Crippen molar-refractivity contribution in [1.29, 1.82) is 0 Å². The number of carboxylic acid groups (broad SMARTS) is 1. The average molecular weight is 196 g/mol. The van der Waals surface area contributed by atoms with Crippen LogP contribution >= 0.6 is 11.3 Å². The van der Waals surface area contributed by atoms with E-state index >= 15 is 0 Å². The summed E-state index contributed by atoms with van der Waals surface area (Å²) in [5, 5.41) is 11.2. The molecule has 3 heteroatoms. The predicted octanol–water partition coefficient (Wildman–Crippen LogP) is 2.56. The van der Waals surface area contributed by atoms with Gasteiger partial charge in [0.2, 0.25) is 0 Å². The van der Waals surface area contributed by atoms with Gasteiger partial charge >= 0.3 is 5.97 Å². The maximum Gasteiger partial charge on any atom is 0.314 e. The van der Waals surface area contributed by atoms with E-state index in [9.17, 15) is 4.79 Å². The smallest absolute Gasteiger partial charge is 0.314 e. The van der Waals surface area contributed by atoms with E-state index in [1.807, 2.05) is 18.4 Å². The van der Waals surface area contributed by atoms with E-state index in [1.165, 1.54) is 5.56 Å². The third-order valence-electron chi connectivity index (χ3n) is 2.82. The van der Waals surface area contributed by atoms with Gasteiger partial charge in [-0.25, -0.2) is 0 Å². The molecule has 2 nitrogen and oxygen atoms in total. The van der Waals surface area contributed by atoms with E-state index in [0.29, 0.717) is 0 Å². The highest BCUT2D eigenvalue weighted by atomic mass is 32.1. The summed E-state index contributed by atoms with van der Waals surface area (Å²) in [7, 11) is 0. The second-order valence-electron chi connectivity index (χ2n) is 3.73. The highest BCUT2D eigenvalue weighted by molar-refractivity contribution is 7.10. The first-order valence-corrected chi connectivity index (χ1v) is 5.32. The predicted molar refractivity (Wildman–Crippen MR) is 52.2 cm³/mol. The molecule has 1 aromatic rings. The first kappa shape index (κ1) is 8.75. The summed E-state index contributed by atoms with van der Waals surface area (Å²) in [5.74, 6) is -0.652. The Morgan fingerprint density at radius 1 is 1.62 bits per heavy atom. The van der Waals surface area contributed by atoms with Crippen LogP contribution in [-0.4, -0.2) is 11.1 Å². The van der Waals surface area contributed by atoms with Gasteiger partial charge in [-0.05, 0) is 36.8 Å². The number of thiophene rings is 1. The van der Waals surface area contributed by atoms with Crippen LogP contribution in [0.1, 0.15) is 29.7 Å². The first-order valence-electron chi connectivity index (χ1n) is 4.44. The molecule has 0 aromatic carbocycles. The number of aliphatic carboxylic acids is 1. The Morgan fingerprint density at radius 3 is 2.62 bits per heavy atom. The molecule has 1 aromatic heterocycles. The molecule has 0 amide bonds. The Morgan fingerprint density at radius 2 is 2.31 bits per heavy atom. The Balaban J connectivity index is 2.37. The molecule has 0 bridgehead atoms. The van der Waals surface area contributed by atoms with Gasteiger partial charge in [0.05, 0.1) is 0 Å². The third-order valence-corrected chi connectivity index (χ3v) is 4.07. The van der Waals surface area contributed by atoms with Crippen LogP contribution < -0.4 is 0 Å². The molecule has 1 heterocycles. The number of hydrogen-bond donors (Lipinski definition) is 1. The lowest BCUT2D eigenvalue weighted by atomic mass is 9.68. The summed E-state index contributed by atoms with van der Waals surface area (Å²) < 4.78 is 0. The van der Waals surface area contributed by atoms with Gasteiger partial charge in [0.15, 0.2) is 0 Å². The normalized spacial score (nSPS) is 19.5. The van der Waals surface area contributed by atoms with E-state index in [0.717, 1.165) is 24.1 Å². The number of carboxylic acids is 1. The van der Waals surface area contributed by atoms with Crippen LogP contribution in [-0.2, 0) is 10.2 Å². The quantitative estimate of drug-likeness (QED) is 0.789. The maximum atomic E-state index is 11.1. The van der Waals surface area contributed by atoms with E-state index in [2.05, 4.69) is 0 Å². The van der Waals surface area contributed by atoms with Gasteiger partial charge in [0, 0.05) is 4.88 Å². The van der Waals surface area contributed by atoms with Crippen molar-refractivity contribution in [3.05, 3.63) is 21.9 Å². The molecule has 1 fully saturated rings. The van der Waals surface area contributed by atoms with Crippen LogP contribution in [0.2, 0.25) is 0 Å². The van der Waals surface area contributed by atoms with Gasteiger partial charge in [-0.1, -0.05) is 6.42 Å². The summed E-state index contributed by atoms with van der Waals surface area (Å²) >= 11 is 1.58. The van der Waals surface area contributed by atoms with Gasteiger partial charge in [0.1, 0.15) is 5.41 Å². The van der Waals surface area contributed by atoms with Crippen molar-refractivity contribution in [3.8, 4) is 0 Å². The van der Waals surface area contributed by atoms with E-state index in [4.69, 9.17) is 5.11 Å². The van der Waals surface area contributed by atoms with Gasteiger partial charge in [-0.15, -0.1) is 11.3 Å². The molecule has 2 rings (SSSR count). The zero-order valence-corrected chi connectivity index (χ0v) is 8.36. The van der Waals surface area contributed by atoms with Crippen molar-refractivity contribution in [2.45, 2.75) is 31.6 Å². The lowest BCUT2D eigenvalue weighted by Gasteiger charge is -2.36. The van der Waals surface area contributed by atoms with Crippen molar-refractivity contribution < 1.29 is 9.90 Å². The standard InChI is InChI=1S/C10H12O2S/c1-7-5-8(13-6-7)10(9(11)12)3-2-4-10/h5-6H,2-4H2,1H3,(H,11,12).